The second kappa shape index (κ2) is 7.73. The number of amides is 1. The molecule has 2 aromatic rings. The lowest BCUT2D eigenvalue weighted by atomic mass is 10.1. The third-order valence-electron chi connectivity index (χ3n) is 4.14. The summed E-state index contributed by atoms with van der Waals surface area (Å²) < 4.78 is 5.90. The molecule has 5 heteroatoms. The zero-order chi connectivity index (χ0) is 16.1. The van der Waals surface area contributed by atoms with E-state index in [2.05, 4.69) is 29.2 Å². The number of benzene rings is 1. The minimum Gasteiger partial charge on any atom is -0.376 e. The molecule has 2 N–H and O–H groups in total. The van der Waals surface area contributed by atoms with Crippen LogP contribution in [0.2, 0.25) is 0 Å². The maximum absolute atomic E-state index is 11.2. The van der Waals surface area contributed by atoms with Gasteiger partial charge < -0.3 is 10.5 Å². The summed E-state index contributed by atoms with van der Waals surface area (Å²) in [7, 11) is 0. The van der Waals surface area contributed by atoms with E-state index in [1.807, 2.05) is 17.5 Å². The minimum absolute atomic E-state index is 0.277. The van der Waals surface area contributed by atoms with Crippen molar-refractivity contribution in [1.29, 1.82) is 0 Å². The molecule has 0 spiro atoms. The Morgan fingerprint density at radius 1 is 1.35 bits per heavy atom. The van der Waals surface area contributed by atoms with Crippen LogP contribution in [0.5, 0.6) is 0 Å². The number of hydrogen-bond acceptors (Lipinski definition) is 4. The Hall–Kier alpha value is -1.69. The van der Waals surface area contributed by atoms with Crippen molar-refractivity contribution in [3.05, 3.63) is 57.8 Å². The lowest BCUT2D eigenvalue weighted by Crippen LogP contribution is -2.41. The molecule has 0 unspecified atom stereocenters. The van der Waals surface area contributed by atoms with Gasteiger partial charge in [0, 0.05) is 29.9 Å². The van der Waals surface area contributed by atoms with Crippen LogP contribution in [-0.2, 0) is 17.7 Å². The summed E-state index contributed by atoms with van der Waals surface area (Å²) in [6.45, 7) is 3.51. The first-order chi connectivity index (χ1) is 11.2. The van der Waals surface area contributed by atoms with Gasteiger partial charge in [-0.3, -0.25) is 9.69 Å². The number of carbonyl (C=O) groups is 1. The predicted molar refractivity (Wildman–Crippen MR) is 92.6 cm³/mol. The van der Waals surface area contributed by atoms with Crippen LogP contribution in [0.25, 0.3) is 0 Å². The number of nitrogens with zero attached hydrogens (tertiary/aromatic N) is 1. The predicted octanol–water partition coefficient (Wildman–Crippen LogP) is 2.68. The molecule has 0 saturated carbocycles. The number of ether oxygens (including phenoxy) is 1. The zero-order valence-electron chi connectivity index (χ0n) is 13.1. The van der Waals surface area contributed by atoms with Gasteiger partial charge >= 0.3 is 0 Å². The number of aryl methyl sites for hydroxylation is 1. The Labute approximate surface area is 140 Å². The molecule has 1 aromatic heterocycles. The van der Waals surface area contributed by atoms with E-state index < -0.39 is 0 Å². The fraction of sp³-hybridized carbons (Fsp3) is 0.389. The van der Waals surface area contributed by atoms with Crippen LogP contribution in [0.15, 0.2) is 41.8 Å². The van der Waals surface area contributed by atoms with Crippen LogP contribution in [0.4, 0.5) is 0 Å². The Morgan fingerprint density at radius 3 is 2.91 bits per heavy atom. The van der Waals surface area contributed by atoms with Crippen molar-refractivity contribution >= 4 is 17.2 Å². The number of thiophene rings is 1. The summed E-state index contributed by atoms with van der Waals surface area (Å²) >= 11 is 1.60. The molecule has 0 radical (unpaired) electrons. The highest BCUT2D eigenvalue weighted by atomic mass is 32.1. The van der Waals surface area contributed by atoms with Crippen LogP contribution in [0, 0.1) is 0 Å². The molecule has 3 rings (SSSR count). The Balaban J connectivity index is 1.50. The van der Waals surface area contributed by atoms with Crippen molar-refractivity contribution in [2.24, 2.45) is 5.73 Å². The Bertz CT molecular complexity index is 641. The molecule has 122 valence electrons. The van der Waals surface area contributed by atoms with E-state index >= 15 is 0 Å². The van der Waals surface area contributed by atoms with Gasteiger partial charge in [0.15, 0.2) is 0 Å². The van der Waals surface area contributed by atoms with Gasteiger partial charge in [0.2, 0.25) is 5.91 Å². The van der Waals surface area contributed by atoms with Crippen molar-refractivity contribution in [1.82, 2.24) is 4.90 Å². The van der Waals surface area contributed by atoms with E-state index in [1.165, 1.54) is 10.4 Å². The summed E-state index contributed by atoms with van der Waals surface area (Å²) in [5.41, 5.74) is 7.28. The molecule has 0 bridgehead atoms. The highest BCUT2D eigenvalue weighted by molar-refractivity contribution is 7.10. The lowest BCUT2D eigenvalue weighted by molar-refractivity contribution is -0.0342. The standard InChI is InChI=1S/C18H22N2O2S/c19-18(21)15-10-17(23-13-15)12-20-8-9-22-16(11-20)7-6-14-4-2-1-3-5-14/h1-5,10,13,16H,6-9,11-12H2,(H2,19,21)/t16-/m1/s1. The molecule has 23 heavy (non-hydrogen) atoms. The van der Waals surface area contributed by atoms with Crippen LogP contribution in [0.1, 0.15) is 27.2 Å². The fourth-order valence-corrected chi connectivity index (χ4v) is 3.80. The van der Waals surface area contributed by atoms with E-state index in [0.717, 1.165) is 39.1 Å². The van der Waals surface area contributed by atoms with Crippen molar-refractivity contribution in [2.45, 2.75) is 25.5 Å². The van der Waals surface area contributed by atoms with Crippen LogP contribution in [-0.4, -0.2) is 36.6 Å². The maximum Gasteiger partial charge on any atom is 0.249 e. The number of rotatable bonds is 6. The normalized spacial score (nSPS) is 18.9. The first-order valence-electron chi connectivity index (χ1n) is 7.96. The van der Waals surface area contributed by atoms with Gasteiger partial charge in [0.25, 0.3) is 0 Å². The SMILES string of the molecule is NC(=O)c1csc(CN2CCO[C@H](CCc3ccccc3)C2)c1. The highest BCUT2D eigenvalue weighted by Crippen LogP contribution is 2.19. The molecule has 1 amide bonds. The van der Waals surface area contributed by atoms with Gasteiger partial charge in [-0.15, -0.1) is 11.3 Å². The molecule has 1 aliphatic heterocycles. The largest absolute Gasteiger partial charge is 0.376 e. The van der Waals surface area contributed by atoms with E-state index in [1.54, 1.807) is 11.3 Å². The van der Waals surface area contributed by atoms with E-state index in [9.17, 15) is 4.79 Å². The topological polar surface area (TPSA) is 55.6 Å². The van der Waals surface area contributed by atoms with Crippen molar-refractivity contribution in [3.8, 4) is 0 Å². The van der Waals surface area contributed by atoms with Crippen molar-refractivity contribution in [3.63, 3.8) is 0 Å². The Morgan fingerprint density at radius 2 is 2.17 bits per heavy atom. The number of nitrogens with two attached hydrogens (primary N) is 1. The Kier molecular flexibility index (Phi) is 5.43. The molecular formula is C18H22N2O2S. The smallest absolute Gasteiger partial charge is 0.249 e. The average Bonchev–Trinajstić information content (AvgIpc) is 3.03. The highest BCUT2D eigenvalue weighted by Gasteiger charge is 2.21. The summed E-state index contributed by atoms with van der Waals surface area (Å²) in [4.78, 5) is 14.8. The van der Waals surface area contributed by atoms with Crippen molar-refractivity contribution < 1.29 is 9.53 Å². The van der Waals surface area contributed by atoms with Gasteiger partial charge in [0.1, 0.15) is 0 Å². The maximum atomic E-state index is 11.2. The van der Waals surface area contributed by atoms with E-state index in [0.29, 0.717) is 5.56 Å². The first-order valence-corrected chi connectivity index (χ1v) is 8.84. The van der Waals surface area contributed by atoms with Gasteiger partial charge in [-0.25, -0.2) is 0 Å². The lowest BCUT2D eigenvalue weighted by Gasteiger charge is -2.32. The summed E-state index contributed by atoms with van der Waals surface area (Å²) in [6.07, 6.45) is 2.36. The second-order valence-corrected chi connectivity index (χ2v) is 6.91. The van der Waals surface area contributed by atoms with Crippen LogP contribution >= 0.6 is 11.3 Å². The number of morpholine rings is 1. The number of carbonyl (C=O) groups excluding carboxylic acids is 1. The minimum atomic E-state index is -0.352. The molecule has 1 fully saturated rings. The first kappa shape index (κ1) is 16.2. The molecular weight excluding hydrogens is 308 g/mol. The third kappa shape index (κ3) is 4.64. The van der Waals surface area contributed by atoms with Crippen molar-refractivity contribution in [2.75, 3.05) is 19.7 Å². The summed E-state index contributed by atoms with van der Waals surface area (Å²) in [6, 6.07) is 12.4. The molecule has 4 nitrogen and oxygen atoms in total. The van der Waals surface area contributed by atoms with Gasteiger partial charge in [-0.1, -0.05) is 30.3 Å². The molecule has 1 saturated heterocycles. The molecule has 2 heterocycles. The molecule has 0 aliphatic carbocycles. The second-order valence-electron chi connectivity index (χ2n) is 5.92. The molecule has 1 aliphatic rings. The van der Waals surface area contributed by atoms with E-state index in [-0.39, 0.29) is 12.0 Å². The number of primary amides is 1. The van der Waals surface area contributed by atoms with Crippen LogP contribution < -0.4 is 5.73 Å². The molecule has 1 atom stereocenters. The van der Waals surface area contributed by atoms with E-state index in [4.69, 9.17) is 10.5 Å². The molecule has 1 aromatic carbocycles. The zero-order valence-corrected chi connectivity index (χ0v) is 13.9. The third-order valence-corrected chi connectivity index (χ3v) is 5.06. The van der Waals surface area contributed by atoms with Gasteiger partial charge in [-0.2, -0.15) is 0 Å². The van der Waals surface area contributed by atoms with Gasteiger partial charge in [0.05, 0.1) is 18.3 Å². The summed E-state index contributed by atoms with van der Waals surface area (Å²) in [5, 5.41) is 1.84. The van der Waals surface area contributed by atoms with Gasteiger partial charge in [-0.05, 0) is 24.5 Å². The number of hydrogen-bond donors (Lipinski definition) is 1. The fourth-order valence-electron chi connectivity index (χ4n) is 2.88. The average molecular weight is 330 g/mol. The van der Waals surface area contributed by atoms with Crippen LogP contribution in [0.3, 0.4) is 0 Å². The summed E-state index contributed by atoms with van der Waals surface area (Å²) in [5.74, 6) is -0.352. The quantitative estimate of drug-likeness (QED) is 0.886. The monoisotopic (exact) mass is 330 g/mol.